The maximum atomic E-state index is 12.4. The molecule has 0 atom stereocenters. The van der Waals surface area contributed by atoms with Crippen molar-refractivity contribution in [3.05, 3.63) is 47.0 Å². The number of halogens is 1. The number of carbonyl (C=O) groups excluding carboxylic acids is 1. The lowest BCUT2D eigenvalue weighted by Crippen LogP contribution is -2.15. The molecule has 0 unspecified atom stereocenters. The highest BCUT2D eigenvalue weighted by Gasteiger charge is 2.15. The molecule has 0 fully saturated rings. The van der Waals surface area contributed by atoms with Crippen molar-refractivity contribution in [1.82, 2.24) is 4.98 Å². The van der Waals surface area contributed by atoms with E-state index in [4.69, 9.17) is 16.3 Å². The topological polar surface area (TPSA) is 85.4 Å². The molecule has 0 bridgehead atoms. The van der Waals surface area contributed by atoms with E-state index in [-0.39, 0.29) is 17.2 Å². The number of ether oxygens (including phenoxy) is 1. The van der Waals surface area contributed by atoms with E-state index in [1.54, 1.807) is 30.3 Å². The van der Waals surface area contributed by atoms with Gasteiger partial charge in [-0.15, -0.1) is 0 Å². The van der Waals surface area contributed by atoms with Gasteiger partial charge in [0.2, 0.25) is 5.91 Å². The highest BCUT2D eigenvalue weighted by molar-refractivity contribution is 7.90. The molecule has 3 rings (SSSR count). The van der Waals surface area contributed by atoms with Crippen molar-refractivity contribution in [2.24, 2.45) is 0 Å². The van der Waals surface area contributed by atoms with Crippen LogP contribution in [0.5, 0.6) is 5.75 Å². The number of nitrogens with zero attached hydrogens (tertiary/aromatic N) is 1. The minimum atomic E-state index is -3.30. The van der Waals surface area contributed by atoms with Gasteiger partial charge in [-0.3, -0.25) is 4.79 Å². The summed E-state index contributed by atoms with van der Waals surface area (Å²) in [6.45, 7) is 2.29. The molecule has 0 saturated carbocycles. The van der Waals surface area contributed by atoms with Crippen LogP contribution in [0, 0.1) is 0 Å². The number of hydrogen-bond donors (Lipinski definition) is 1. The Morgan fingerprint density at radius 2 is 2.07 bits per heavy atom. The molecule has 9 heteroatoms. The third-order valence-corrected chi connectivity index (χ3v) is 6.06. The lowest BCUT2D eigenvalue weighted by Gasteiger charge is -2.11. The molecule has 3 aromatic rings. The van der Waals surface area contributed by atoms with Gasteiger partial charge in [-0.2, -0.15) is 0 Å². The molecular formula is C18H17ClN2O4S2. The molecule has 6 nitrogen and oxygen atoms in total. The predicted molar refractivity (Wildman–Crippen MR) is 108 cm³/mol. The van der Waals surface area contributed by atoms with Gasteiger partial charge in [-0.05, 0) is 31.2 Å². The van der Waals surface area contributed by atoms with Gasteiger partial charge in [0.15, 0.2) is 15.0 Å². The quantitative estimate of drug-likeness (QED) is 0.647. The Bertz CT molecular complexity index is 1110. The van der Waals surface area contributed by atoms with E-state index in [1.807, 2.05) is 6.92 Å². The number of sulfone groups is 1. The number of aromatic nitrogens is 1. The lowest BCUT2D eigenvalue weighted by molar-refractivity contribution is -0.115. The number of benzene rings is 2. The molecule has 1 amide bonds. The zero-order chi connectivity index (χ0) is 19.6. The average molecular weight is 425 g/mol. The lowest BCUT2D eigenvalue weighted by atomic mass is 10.1. The standard InChI is InChI=1S/C18H17ClN2O4S2/c1-3-25-17-11(5-4-6-13(17)19)9-16(22)21-18-20-14-8-7-12(27(2,23)24)10-15(14)26-18/h4-8,10H,3,9H2,1-2H3,(H,20,21,22). The normalized spacial score (nSPS) is 11.5. The summed E-state index contributed by atoms with van der Waals surface area (Å²) in [7, 11) is -3.30. The minimum Gasteiger partial charge on any atom is -0.492 e. The Morgan fingerprint density at radius 3 is 2.78 bits per heavy atom. The van der Waals surface area contributed by atoms with E-state index in [1.165, 1.54) is 17.4 Å². The van der Waals surface area contributed by atoms with Gasteiger partial charge in [0.05, 0.1) is 33.2 Å². The average Bonchev–Trinajstić information content (AvgIpc) is 2.98. The first-order valence-corrected chi connectivity index (χ1v) is 11.2. The Balaban J connectivity index is 1.80. The summed E-state index contributed by atoms with van der Waals surface area (Å²) in [5.41, 5.74) is 1.31. The van der Waals surface area contributed by atoms with Crippen molar-refractivity contribution in [1.29, 1.82) is 0 Å². The molecule has 142 valence electrons. The van der Waals surface area contributed by atoms with Crippen LogP contribution in [0.25, 0.3) is 10.2 Å². The van der Waals surface area contributed by atoms with Crippen molar-refractivity contribution in [2.45, 2.75) is 18.2 Å². The molecule has 0 radical (unpaired) electrons. The van der Waals surface area contributed by atoms with Gasteiger partial charge in [-0.1, -0.05) is 35.1 Å². The van der Waals surface area contributed by atoms with E-state index in [0.717, 1.165) is 6.26 Å². The SMILES string of the molecule is CCOc1c(Cl)cccc1CC(=O)Nc1nc2ccc(S(C)(=O)=O)cc2s1. The van der Waals surface area contributed by atoms with Crippen molar-refractivity contribution < 1.29 is 17.9 Å². The minimum absolute atomic E-state index is 0.0837. The fourth-order valence-electron chi connectivity index (χ4n) is 2.52. The molecule has 1 heterocycles. The van der Waals surface area contributed by atoms with Gasteiger partial charge >= 0.3 is 0 Å². The van der Waals surface area contributed by atoms with Crippen LogP contribution >= 0.6 is 22.9 Å². The van der Waals surface area contributed by atoms with Crippen LogP contribution in [0.1, 0.15) is 12.5 Å². The van der Waals surface area contributed by atoms with Crippen LogP contribution in [0.15, 0.2) is 41.3 Å². The highest BCUT2D eigenvalue weighted by Crippen LogP contribution is 2.30. The zero-order valence-electron chi connectivity index (χ0n) is 14.7. The van der Waals surface area contributed by atoms with Gasteiger partial charge in [0.1, 0.15) is 5.75 Å². The molecule has 27 heavy (non-hydrogen) atoms. The molecule has 1 aromatic heterocycles. The van der Waals surface area contributed by atoms with E-state index >= 15 is 0 Å². The second-order valence-electron chi connectivity index (χ2n) is 5.81. The number of carbonyl (C=O) groups is 1. The molecular weight excluding hydrogens is 408 g/mol. The van der Waals surface area contributed by atoms with Crippen LogP contribution < -0.4 is 10.1 Å². The van der Waals surface area contributed by atoms with Crippen LogP contribution in [0.3, 0.4) is 0 Å². The second kappa shape index (κ2) is 7.84. The molecule has 0 aliphatic rings. The number of rotatable bonds is 6. The van der Waals surface area contributed by atoms with E-state index in [0.29, 0.717) is 38.3 Å². The molecule has 0 aliphatic heterocycles. The highest BCUT2D eigenvalue weighted by atomic mass is 35.5. The summed E-state index contributed by atoms with van der Waals surface area (Å²) in [6, 6.07) is 9.94. The smallest absolute Gasteiger partial charge is 0.230 e. The Labute approximate surface area is 166 Å². The van der Waals surface area contributed by atoms with Crippen LogP contribution in [-0.4, -0.2) is 32.2 Å². The molecule has 0 aliphatic carbocycles. The van der Waals surface area contributed by atoms with Gasteiger partial charge in [0.25, 0.3) is 0 Å². The van der Waals surface area contributed by atoms with Crippen LogP contribution in [-0.2, 0) is 21.1 Å². The summed E-state index contributed by atoms with van der Waals surface area (Å²) in [5, 5.41) is 3.60. The monoisotopic (exact) mass is 424 g/mol. The van der Waals surface area contributed by atoms with Crippen molar-refractivity contribution >= 4 is 54.0 Å². The molecule has 0 spiro atoms. The summed E-state index contributed by atoms with van der Waals surface area (Å²) in [5.74, 6) is 0.236. The van der Waals surface area contributed by atoms with E-state index in [2.05, 4.69) is 10.3 Å². The predicted octanol–water partition coefficient (Wildman–Crippen LogP) is 3.93. The van der Waals surface area contributed by atoms with E-state index in [9.17, 15) is 13.2 Å². The third-order valence-electron chi connectivity index (χ3n) is 3.72. The first-order valence-electron chi connectivity index (χ1n) is 8.08. The number of para-hydroxylation sites is 1. The zero-order valence-corrected chi connectivity index (χ0v) is 17.0. The summed E-state index contributed by atoms with van der Waals surface area (Å²) < 4.78 is 29.6. The van der Waals surface area contributed by atoms with Crippen molar-refractivity contribution in [3.63, 3.8) is 0 Å². The van der Waals surface area contributed by atoms with Crippen LogP contribution in [0.2, 0.25) is 5.02 Å². The van der Waals surface area contributed by atoms with E-state index < -0.39 is 9.84 Å². The largest absolute Gasteiger partial charge is 0.492 e. The Hall–Kier alpha value is -2.16. The first kappa shape index (κ1) is 19.6. The maximum Gasteiger partial charge on any atom is 0.230 e. The van der Waals surface area contributed by atoms with Crippen molar-refractivity contribution in [3.8, 4) is 5.75 Å². The third kappa shape index (κ3) is 4.58. The fourth-order valence-corrected chi connectivity index (χ4v) is 4.42. The number of amides is 1. The van der Waals surface area contributed by atoms with Crippen molar-refractivity contribution in [2.75, 3.05) is 18.2 Å². The Morgan fingerprint density at radius 1 is 1.30 bits per heavy atom. The number of thiazole rings is 1. The summed E-state index contributed by atoms with van der Waals surface area (Å²) in [4.78, 5) is 17.0. The molecule has 1 N–H and O–H groups in total. The number of anilines is 1. The van der Waals surface area contributed by atoms with Crippen LogP contribution in [0.4, 0.5) is 5.13 Å². The fraction of sp³-hybridized carbons (Fsp3) is 0.222. The van der Waals surface area contributed by atoms with Gasteiger partial charge < -0.3 is 10.1 Å². The first-order chi connectivity index (χ1) is 12.8. The Kier molecular flexibility index (Phi) is 5.69. The molecule has 2 aromatic carbocycles. The maximum absolute atomic E-state index is 12.4. The van der Waals surface area contributed by atoms with Gasteiger partial charge in [0, 0.05) is 11.8 Å². The number of hydrogen-bond acceptors (Lipinski definition) is 6. The summed E-state index contributed by atoms with van der Waals surface area (Å²) >= 11 is 7.36. The number of fused-ring (bicyclic) bond motifs is 1. The summed E-state index contributed by atoms with van der Waals surface area (Å²) in [6.07, 6.45) is 1.24. The van der Waals surface area contributed by atoms with Gasteiger partial charge in [-0.25, -0.2) is 13.4 Å². The second-order valence-corrected chi connectivity index (χ2v) is 9.26. The molecule has 0 saturated heterocycles. The number of nitrogens with one attached hydrogen (secondary N) is 1.